The number of carbonyl (C=O) groups is 1. The number of benzene rings is 2. The Kier molecular flexibility index (Phi) is 8.01. The van der Waals surface area contributed by atoms with E-state index in [1.807, 2.05) is 13.0 Å². The molecule has 1 amide bonds. The van der Waals surface area contributed by atoms with E-state index in [-0.39, 0.29) is 31.4 Å². The molecule has 0 saturated carbocycles. The second-order valence-electron chi connectivity index (χ2n) is 7.77. The number of hydrogen-bond acceptors (Lipinski definition) is 6. The highest BCUT2D eigenvalue weighted by molar-refractivity contribution is 5.77. The maximum Gasteiger partial charge on any atom is 0.257 e. The van der Waals surface area contributed by atoms with E-state index in [4.69, 9.17) is 9.47 Å². The quantitative estimate of drug-likeness (QED) is 0.500. The van der Waals surface area contributed by atoms with Crippen molar-refractivity contribution in [2.75, 3.05) is 20.8 Å². The lowest BCUT2D eigenvalue weighted by Gasteiger charge is -2.19. The number of hydrogen-bond donors (Lipinski definition) is 2. The normalized spacial score (nSPS) is 11.7. The van der Waals surface area contributed by atoms with Gasteiger partial charge in [-0.1, -0.05) is 6.07 Å². The van der Waals surface area contributed by atoms with Crippen LogP contribution in [0.25, 0.3) is 11.4 Å². The number of methoxy groups -OCH3 is 2. The van der Waals surface area contributed by atoms with Gasteiger partial charge in [0.25, 0.3) is 5.56 Å². The number of carbonyl (C=O) groups excluding carboxylic acids is 1. The molecular weight excluding hydrogens is 441 g/mol. The van der Waals surface area contributed by atoms with Crippen LogP contribution in [0.2, 0.25) is 0 Å². The van der Waals surface area contributed by atoms with E-state index >= 15 is 0 Å². The molecule has 0 aliphatic carbocycles. The summed E-state index contributed by atoms with van der Waals surface area (Å²) >= 11 is 0. The fraction of sp³-hybridized carbons (Fsp3) is 0.320. The second-order valence-corrected chi connectivity index (χ2v) is 7.77. The number of nitrogens with zero attached hydrogens (tertiary/aromatic N) is 2. The zero-order valence-corrected chi connectivity index (χ0v) is 19.6. The van der Waals surface area contributed by atoms with Gasteiger partial charge in [-0.2, -0.15) is 0 Å². The van der Waals surface area contributed by atoms with Crippen molar-refractivity contribution >= 4 is 5.91 Å². The molecule has 0 saturated heterocycles. The number of rotatable bonds is 9. The van der Waals surface area contributed by atoms with Crippen molar-refractivity contribution in [3.05, 3.63) is 75.5 Å². The first-order valence-electron chi connectivity index (χ1n) is 10.8. The third kappa shape index (κ3) is 5.43. The van der Waals surface area contributed by atoms with E-state index in [9.17, 15) is 19.1 Å². The summed E-state index contributed by atoms with van der Waals surface area (Å²) in [5.74, 6) is 0.522. The van der Waals surface area contributed by atoms with Crippen molar-refractivity contribution in [3.8, 4) is 22.9 Å². The summed E-state index contributed by atoms with van der Waals surface area (Å²) in [6.45, 7) is 2.96. The van der Waals surface area contributed by atoms with E-state index in [0.29, 0.717) is 28.3 Å². The highest BCUT2D eigenvalue weighted by Crippen LogP contribution is 2.30. The van der Waals surface area contributed by atoms with Crippen molar-refractivity contribution < 1.29 is 23.8 Å². The Balaban J connectivity index is 1.92. The molecule has 34 heavy (non-hydrogen) atoms. The van der Waals surface area contributed by atoms with Crippen LogP contribution in [-0.4, -0.2) is 41.4 Å². The predicted octanol–water partition coefficient (Wildman–Crippen LogP) is 2.79. The van der Waals surface area contributed by atoms with Crippen molar-refractivity contribution in [3.63, 3.8) is 0 Å². The fourth-order valence-corrected chi connectivity index (χ4v) is 3.70. The van der Waals surface area contributed by atoms with Crippen LogP contribution < -0.4 is 20.3 Å². The van der Waals surface area contributed by atoms with Gasteiger partial charge in [0.1, 0.15) is 18.2 Å². The first-order chi connectivity index (χ1) is 16.3. The summed E-state index contributed by atoms with van der Waals surface area (Å²) in [5, 5.41) is 12.2. The molecule has 9 heteroatoms. The van der Waals surface area contributed by atoms with Crippen LogP contribution in [-0.2, 0) is 17.8 Å². The number of nitrogens with one attached hydrogen (secondary N) is 1. The Morgan fingerprint density at radius 1 is 1.15 bits per heavy atom. The number of ether oxygens (including phenoxy) is 2. The zero-order chi connectivity index (χ0) is 24.8. The predicted molar refractivity (Wildman–Crippen MR) is 126 cm³/mol. The van der Waals surface area contributed by atoms with E-state index in [0.717, 1.165) is 5.56 Å². The molecular formula is C25H28FN3O5. The summed E-state index contributed by atoms with van der Waals surface area (Å²) in [5.41, 5.74) is 1.65. The van der Waals surface area contributed by atoms with Crippen molar-refractivity contribution in [2.24, 2.45) is 0 Å². The lowest BCUT2D eigenvalue weighted by Crippen LogP contribution is -2.36. The molecule has 0 radical (unpaired) electrons. The van der Waals surface area contributed by atoms with E-state index in [1.54, 1.807) is 26.2 Å². The van der Waals surface area contributed by atoms with Crippen molar-refractivity contribution in [1.29, 1.82) is 0 Å². The van der Waals surface area contributed by atoms with Gasteiger partial charge in [-0.25, -0.2) is 9.37 Å². The largest absolute Gasteiger partial charge is 0.493 e. The molecule has 3 aromatic rings. The van der Waals surface area contributed by atoms with Gasteiger partial charge < -0.3 is 19.9 Å². The third-order valence-corrected chi connectivity index (χ3v) is 5.52. The Labute approximate surface area is 197 Å². The average molecular weight is 470 g/mol. The molecule has 3 rings (SSSR count). The average Bonchev–Trinajstić information content (AvgIpc) is 2.83. The van der Waals surface area contributed by atoms with Gasteiger partial charge in [0.15, 0.2) is 11.5 Å². The van der Waals surface area contributed by atoms with Gasteiger partial charge >= 0.3 is 0 Å². The van der Waals surface area contributed by atoms with Crippen LogP contribution in [0.1, 0.15) is 29.8 Å². The zero-order valence-electron chi connectivity index (χ0n) is 19.6. The Morgan fingerprint density at radius 3 is 2.44 bits per heavy atom. The lowest BCUT2D eigenvalue weighted by molar-refractivity contribution is -0.122. The van der Waals surface area contributed by atoms with Gasteiger partial charge in [0.05, 0.1) is 20.3 Å². The van der Waals surface area contributed by atoms with Gasteiger partial charge in [-0.15, -0.1) is 0 Å². The van der Waals surface area contributed by atoms with Crippen LogP contribution in [0.3, 0.4) is 0 Å². The summed E-state index contributed by atoms with van der Waals surface area (Å²) in [6.07, 6.45) is 0.116. The molecule has 0 unspecified atom stereocenters. The molecule has 2 N–H and O–H groups in total. The van der Waals surface area contributed by atoms with E-state index < -0.39 is 17.3 Å². The van der Waals surface area contributed by atoms with Crippen LogP contribution in [0.5, 0.6) is 11.5 Å². The van der Waals surface area contributed by atoms with Crippen LogP contribution in [0.4, 0.5) is 4.39 Å². The maximum absolute atomic E-state index is 13.4. The Hall–Kier alpha value is -3.72. The molecule has 0 fully saturated rings. The smallest absolute Gasteiger partial charge is 0.257 e. The van der Waals surface area contributed by atoms with Gasteiger partial charge in [0.2, 0.25) is 5.91 Å². The van der Waals surface area contributed by atoms with Crippen LogP contribution in [0.15, 0.2) is 47.3 Å². The summed E-state index contributed by atoms with van der Waals surface area (Å²) in [6, 6.07) is 10.5. The highest BCUT2D eigenvalue weighted by atomic mass is 19.1. The van der Waals surface area contributed by atoms with Crippen molar-refractivity contribution in [1.82, 2.24) is 14.9 Å². The first kappa shape index (κ1) is 24.9. The minimum absolute atomic E-state index is 0.116. The van der Waals surface area contributed by atoms with Crippen molar-refractivity contribution in [2.45, 2.75) is 32.9 Å². The first-order valence-corrected chi connectivity index (χ1v) is 10.8. The molecule has 1 atom stereocenters. The molecule has 8 nitrogen and oxygen atoms in total. The molecule has 2 aromatic carbocycles. The standard InChI is InChI=1S/C25H28FN3O5/c1-15(18-7-10-21(33-3)22(13-18)34-4)27-23(31)14-29-24(17-5-8-19(26)9-6-17)28-16(2)20(11-12-30)25(29)32/h5-10,13,15,30H,11-12,14H2,1-4H3,(H,27,31)/t15-/m0/s1. The molecule has 0 aliphatic rings. The minimum atomic E-state index is -0.423. The van der Waals surface area contributed by atoms with Gasteiger partial charge in [-0.05, 0) is 55.8 Å². The summed E-state index contributed by atoms with van der Waals surface area (Å²) < 4.78 is 25.3. The third-order valence-electron chi connectivity index (χ3n) is 5.52. The maximum atomic E-state index is 13.4. The molecule has 0 spiro atoms. The SMILES string of the molecule is COc1ccc([C@H](C)NC(=O)Cn2c(-c3ccc(F)cc3)nc(C)c(CCO)c2=O)cc1OC. The summed E-state index contributed by atoms with van der Waals surface area (Å²) in [7, 11) is 3.07. The molecule has 180 valence electrons. The fourth-order valence-electron chi connectivity index (χ4n) is 3.70. The van der Waals surface area contributed by atoms with Gasteiger partial charge in [-0.3, -0.25) is 14.2 Å². The number of aliphatic hydroxyl groups is 1. The van der Waals surface area contributed by atoms with Gasteiger partial charge in [0, 0.05) is 29.8 Å². The Bertz CT molecular complexity index is 1220. The number of halogens is 1. The minimum Gasteiger partial charge on any atom is -0.493 e. The summed E-state index contributed by atoms with van der Waals surface area (Å²) in [4.78, 5) is 30.7. The topological polar surface area (TPSA) is 103 Å². The molecule has 1 aromatic heterocycles. The second kappa shape index (κ2) is 10.9. The molecule has 1 heterocycles. The highest BCUT2D eigenvalue weighted by Gasteiger charge is 2.19. The monoisotopic (exact) mass is 469 g/mol. The lowest BCUT2D eigenvalue weighted by atomic mass is 10.1. The molecule has 0 aliphatic heterocycles. The van der Waals surface area contributed by atoms with Crippen LogP contribution >= 0.6 is 0 Å². The van der Waals surface area contributed by atoms with Crippen LogP contribution in [0, 0.1) is 12.7 Å². The number of aliphatic hydroxyl groups excluding tert-OH is 1. The van der Waals surface area contributed by atoms with E-state index in [1.165, 1.54) is 35.9 Å². The number of amides is 1. The van der Waals surface area contributed by atoms with E-state index in [2.05, 4.69) is 10.3 Å². The molecule has 0 bridgehead atoms. The number of aryl methyl sites for hydroxylation is 1. The number of aromatic nitrogens is 2. The Morgan fingerprint density at radius 2 is 1.82 bits per heavy atom.